The standard InChI is InChI=1S/C25H24IN3O/c1-18-14-21(19(2)29(18)24-12-6-11-23(26)16-24)15-22(17-27)25(30)28-13-7-10-20-8-4-3-5-9-20/h3-6,8-9,11-12,14-16H,7,10,13H2,1-2H3,(H,28,30)/b22-15-. The van der Waals surface area contributed by atoms with Gasteiger partial charge in [0.15, 0.2) is 0 Å². The second-order valence-electron chi connectivity index (χ2n) is 7.16. The molecule has 1 N–H and O–H groups in total. The molecule has 3 aromatic rings. The molecule has 0 aliphatic carbocycles. The maximum atomic E-state index is 12.5. The summed E-state index contributed by atoms with van der Waals surface area (Å²) < 4.78 is 3.29. The number of halogens is 1. The van der Waals surface area contributed by atoms with Crippen molar-refractivity contribution in [2.24, 2.45) is 0 Å². The number of aromatic nitrogens is 1. The molecule has 4 nitrogen and oxygen atoms in total. The van der Waals surface area contributed by atoms with Crippen LogP contribution in [0.15, 0.2) is 66.2 Å². The highest BCUT2D eigenvalue weighted by molar-refractivity contribution is 14.1. The van der Waals surface area contributed by atoms with Gasteiger partial charge in [0.25, 0.3) is 5.91 Å². The molecule has 0 radical (unpaired) electrons. The predicted octanol–water partition coefficient (Wildman–Crippen LogP) is 5.35. The van der Waals surface area contributed by atoms with E-state index in [9.17, 15) is 10.1 Å². The van der Waals surface area contributed by atoms with Crippen LogP contribution in [0.5, 0.6) is 0 Å². The number of benzene rings is 2. The summed E-state index contributed by atoms with van der Waals surface area (Å²) in [6.07, 6.45) is 3.40. The summed E-state index contributed by atoms with van der Waals surface area (Å²) in [7, 11) is 0. The molecular formula is C25H24IN3O. The predicted molar refractivity (Wildman–Crippen MR) is 129 cm³/mol. The summed E-state index contributed by atoms with van der Waals surface area (Å²) in [5.41, 5.74) is 5.37. The van der Waals surface area contributed by atoms with Gasteiger partial charge in [0.05, 0.1) is 0 Å². The van der Waals surface area contributed by atoms with E-state index in [2.05, 4.69) is 68.9 Å². The monoisotopic (exact) mass is 509 g/mol. The highest BCUT2D eigenvalue weighted by atomic mass is 127. The third kappa shape index (κ3) is 5.39. The number of aryl methyl sites for hydroxylation is 2. The molecule has 1 aromatic heterocycles. The zero-order valence-electron chi connectivity index (χ0n) is 17.2. The van der Waals surface area contributed by atoms with E-state index in [4.69, 9.17) is 0 Å². The normalized spacial score (nSPS) is 11.2. The first-order valence-corrected chi connectivity index (χ1v) is 11.0. The summed E-state index contributed by atoms with van der Waals surface area (Å²) in [5, 5.41) is 12.4. The van der Waals surface area contributed by atoms with E-state index >= 15 is 0 Å². The van der Waals surface area contributed by atoms with Crippen molar-refractivity contribution in [3.63, 3.8) is 0 Å². The van der Waals surface area contributed by atoms with Crippen LogP contribution in [-0.4, -0.2) is 17.0 Å². The minimum Gasteiger partial charge on any atom is -0.351 e. The Balaban J connectivity index is 1.70. The van der Waals surface area contributed by atoms with E-state index in [1.165, 1.54) is 5.56 Å². The largest absolute Gasteiger partial charge is 0.351 e. The van der Waals surface area contributed by atoms with Crippen molar-refractivity contribution >= 4 is 34.6 Å². The number of hydrogen-bond donors (Lipinski definition) is 1. The van der Waals surface area contributed by atoms with E-state index in [0.717, 1.165) is 39.1 Å². The Kier molecular flexibility index (Phi) is 7.47. The Labute approximate surface area is 191 Å². The SMILES string of the molecule is Cc1cc(/C=C(/C#N)C(=O)NCCCc2ccccc2)c(C)n1-c1cccc(I)c1. The van der Waals surface area contributed by atoms with Gasteiger partial charge in [0.2, 0.25) is 0 Å². The number of nitrogens with zero attached hydrogens (tertiary/aromatic N) is 2. The van der Waals surface area contributed by atoms with Crippen molar-refractivity contribution in [3.8, 4) is 11.8 Å². The minimum atomic E-state index is -0.329. The number of amides is 1. The zero-order valence-corrected chi connectivity index (χ0v) is 19.3. The average Bonchev–Trinajstić information content (AvgIpc) is 3.02. The summed E-state index contributed by atoms with van der Waals surface area (Å²) in [5.74, 6) is -0.329. The molecule has 1 heterocycles. The molecule has 0 spiro atoms. The molecule has 2 aromatic carbocycles. The molecule has 1 amide bonds. The zero-order chi connectivity index (χ0) is 21.5. The fourth-order valence-electron chi connectivity index (χ4n) is 3.48. The van der Waals surface area contributed by atoms with Gasteiger partial charge >= 0.3 is 0 Å². The molecule has 0 unspecified atom stereocenters. The average molecular weight is 509 g/mol. The Morgan fingerprint density at radius 2 is 1.90 bits per heavy atom. The van der Waals surface area contributed by atoms with E-state index in [1.807, 2.05) is 44.2 Å². The van der Waals surface area contributed by atoms with E-state index in [-0.39, 0.29) is 11.5 Å². The molecule has 30 heavy (non-hydrogen) atoms. The smallest absolute Gasteiger partial charge is 0.261 e. The molecule has 0 saturated carbocycles. The van der Waals surface area contributed by atoms with Crippen molar-refractivity contribution in [2.45, 2.75) is 26.7 Å². The van der Waals surface area contributed by atoms with Crippen LogP contribution in [0.25, 0.3) is 11.8 Å². The molecule has 0 aliphatic heterocycles. The van der Waals surface area contributed by atoms with Crippen LogP contribution >= 0.6 is 22.6 Å². The molecule has 0 atom stereocenters. The number of carbonyl (C=O) groups excluding carboxylic acids is 1. The Bertz CT molecular complexity index is 1110. The van der Waals surface area contributed by atoms with Gasteiger partial charge in [-0.15, -0.1) is 0 Å². The first-order chi connectivity index (χ1) is 14.5. The lowest BCUT2D eigenvalue weighted by Gasteiger charge is -2.10. The molecule has 5 heteroatoms. The van der Waals surface area contributed by atoms with Gasteiger partial charge in [-0.1, -0.05) is 36.4 Å². The van der Waals surface area contributed by atoms with Crippen LogP contribution < -0.4 is 5.32 Å². The van der Waals surface area contributed by atoms with Crippen LogP contribution in [0, 0.1) is 28.7 Å². The number of carbonyl (C=O) groups is 1. The highest BCUT2D eigenvalue weighted by Gasteiger charge is 2.13. The van der Waals surface area contributed by atoms with Crippen molar-refractivity contribution in [1.82, 2.24) is 9.88 Å². The molecule has 0 fully saturated rings. The highest BCUT2D eigenvalue weighted by Crippen LogP contribution is 2.24. The van der Waals surface area contributed by atoms with Gasteiger partial charge < -0.3 is 9.88 Å². The van der Waals surface area contributed by atoms with Gasteiger partial charge in [-0.25, -0.2) is 0 Å². The van der Waals surface area contributed by atoms with Gasteiger partial charge in [0, 0.05) is 27.2 Å². The Hall–Kier alpha value is -2.85. The first kappa shape index (κ1) is 21.8. The van der Waals surface area contributed by atoms with Gasteiger partial charge in [-0.3, -0.25) is 4.79 Å². The quantitative estimate of drug-likeness (QED) is 0.202. The second kappa shape index (κ2) is 10.3. The third-order valence-corrected chi connectivity index (χ3v) is 5.64. The lowest BCUT2D eigenvalue weighted by atomic mass is 10.1. The Morgan fingerprint density at radius 1 is 1.13 bits per heavy atom. The fourth-order valence-corrected chi connectivity index (χ4v) is 4.01. The van der Waals surface area contributed by atoms with Crippen LogP contribution in [0.2, 0.25) is 0 Å². The van der Waals surface area contributed by atoms with Crippen LogP contribution in [0.3, 0.4) is 0 Å². The first-order valence-electron chi connectivity index (χ1n) is 9.88. The summed E-state index contributed by atoms with van der Waals surface area (Å²) in [4.78, 5) is 12.5. The third-order valence-electron chi connectivity index (χ3n) is 4.97. The van der Waals surface area contributed by atoms with Gasteiger partial charge in [-0.05, 0) is 90.7 Å². The van der Waals surface area contributed by atoms with Crippen LogP contribution in [0.1, 0.15) is 28.9 Å². The Morgan fingerprint density at radius 3 is 2.60 bits per heavy atom. The maximum Gasteiger partial charge on any atom is 0.261 e. The summed E-state index contributed by atoms with van der Waals surface area (Å²) in [6.45, 7) is 4.57. The number of hydrogen-bond acceptors (Lipinski definition) is 2. The van der Waals surface area contributed by atoms with Gasteiger partial charge in [0.1, 0.15) is 11.6 Å². The van der Waals surface area contributed by atoms with Crippen molar-refractivity contribution in [3.05, 3.63) is 92.3 Å². The number of rotatable bonds is 7. The van der Waals surface area contributed by atoms with Crippen molar-refractivity contribution in [2.75, 3.05) is 6.54 Å². The van der Waals surface area contributed by atoms with Crippen LogP contribution in [0.4, 0.5) is 0 Å². The maximum absolute atomic E-state index is 12.5. The summed E-state index contributed by atoms with van der Waals surface area (Å²) >= 11 is 2.30. The molecule has 0 bridgehead atoms. The molecular weight excluding hydrogens is 485 g/mol. The van der Waals surface area contributed by atoms with E-state index in [0.29, 0.717) is 6.54 Å². The van der Waals surface area contributed by atoms with E-state index in [1.54, 1.807) is 6.08 Å². The minimum absolute atomic E-state index is 0.123. The topological polar surface area (TPSA) is 57.8 Å². The van der Waals surface area contributed by atoms with Gasteiger partial charge in [-0.2, -0.15) is 5.26 Å². The summed E-state index contributed by atoms with van der Waals surface area (Å²) in [6, 6.07) is 22.5. The molecule has 3 rings (SSSR count). The molecule has 152 valence electrons. The lowest BCUT2D eigenvalue weighted by molar-refractivity contribution is -0.117. The molecule has 0 aliphatic rings. The second-order valence-corrected chi connectivity index (χ2v) is 8.40. The molecule has 0 saturated heterocycles. The fraction of sp³-hybridized carbons (Fsp3) is 0.200. The number of nitrogens with one attached hydrogen (secondary N) is 1. The van der Waals surface area contributed by atoms with Crippen molar-refractivity contribution < 1.29 is 4.79 Å². The van der Waals surface area contributed by atoms with Crippen molar-refractivity contribution in [1.29, 1.82) is 5.26 Å². The van der Waals surface area contributed by atoms with Crippen LogP contribution in [-0.2, 0) is 11.2 Å². The van der Waals surface area contributed by atoms with E-state index < -0.39 is 0 Å². The lowest BCUT2D eigenvalue weighted by Crippen LogP contribution is -2.25. The number of nitriles is 1.